The Hall–Kier alpha value is 0.150. The van der Waals surface area contributed by atoms with Gasteiger partial charge in [0.25, 0.3) is 0 Å². The molecule has 0 amide bonds. The Bertz CT molecular complexity index is 147. The zero-order chi connectivity index (χ0) is 10.0. The molecule has 13 heavy (non-hydrogen) atoms. The van der Waals surface area contributed by atoms with Crippen LogP contribution in [-0.4, -0.2) is 58.9 Å². The van der Waals surface area contributed by atoms with Crippen LogP contribution in [0.5, 0.6) is 0 Å². The summed E-state index contributed by atoms with van der Waals surface area (Å²) in [6, 6.07) is 0. The summed E-state index contributed by atoms with van der Waals surface area (Å²) in [5.41, 5.74) is 0. The van der Waals surface area contributed by atoms with Crippen molar-refractivity contribution in [2.75, 3.05) is 12.9 Å². The van der Waals surface area contributed by atoms with Crippen molar-refractivity contribution in [1.29, 1.82) is 0 Å². The number of thiol groups is 1. The lowest BCUT2D eigenvalue weighted by Crippen LogP contribution is -2.58. The highest BCUT2D eigenvalue weighted by Gasteiger charge is 2.43. The molecule has 1 fully saturated rings. The lowest BCUT2D eigenvalue weighted by Gasteiger charge is -2.39. The van der Waals surface area contributed by atoms with Crippen LogP contribution in [-0.2, 0) is 9.47 Å². The first kappa shape index (κ1) is 11.2. The van der Waals surface area contributed by atoms with Crippen molar-refractivity contribution < 1.29 is 24.8 Å². The van der Waals surface area contributed by atoms with Gasteiger partial charge in [-0.3, -0.25) is 0 Å². The topological polar surface area (TPSA) is 79.2 Å². The van der Waals surface area contributed by atoms with E-state index in [0.29, 0.717) is 0 Å². The summed E-state index contributed by atoms with van der Waals surface area (Å²) in [5.74, 6) is 0.255. The highest BCUT2D eigenvalue weighted by molar-refractivity contribution is 7.80. The van der Waals surface area contributed by atoms with E-state index in [9.17, 15) is 15.3 Å². The van der Waals surface area contributed by atoms with Gasteiger partial charge in [0, 0.05) is 12.9 Å². The molecule has 3 unspecified atom stereocenters. The molecule has 1 aliphatic heterocycles. The average Bonchev–Trinajstić information content (AvgIpc) is 2.15. The molecule has 1 rings (SSSR count). The third-order valence-electron chi connectivity index (χ3n) is 2.08. The van der Waals surface area contributed by atoms with Gasteiger partial charge in [0.05, 0.1) is 6.10 Å². The normalized spacial score (nSPS) is 46.4. The summed E-state index contributed by atoms with van der Waals surface area (Å²) in [4.78, 5) is 0. The Balaban J connectivity index is 2.66. The van der Waals surface area contributed by atoms with Gasteiger partial charge < -0.3 is 24.8 Å². The first-order chi connectivity index (χ1) is 6.11. The van der Waals surface area contributed by atoms with E-state index >= 15 is 0 Å². The van der Waals surface area contributed by atoms with Gasteiger partial charge in [0.1, 0.15) is 18.3 Å². The maximum absolute atomic E-state index is 9.38. The summed E-state index contributed by atoms with van der Waals surface area (Å²) in [7, 11) is 1.36. The van der Waals surface area contributed by atoms with E-state index in [1.54, 1.807) is 0 Å². The number of hydrogen-bond acceptors (Lipinski definition) is 6. The smallest absolute Gasteiger partial charge is 0.186 e. The van der Waals surface area contributed by atoms with Gasteiger partial charge in [-0.25, -0.2) is 0 Å². The van der Waals surface area contributed by atoms with E-state index in [1.807, 2.05) is 0 Å². The monoisotopic (exact) mass is 210 g/mol. The van der Waals surface area contributed by atoms with E-state index in [0.717, 1.165) is 0 Å². The summed E-state index contributed by atoms with van der Waals surface area (Å²) in [6.45, 7) is 0. The number of ether oxygens (including phenoxy) is 2. The molecular weight excluding hydrogens is 196 g/mol. The Kier molecular flexibility index (Phi) is 3.96. The molecule has 5 nitrogen and oxygen atoms in total. The largest absolute Gasteiger partial charge is 0.388 e. The number of aliphatic hydroxyl groups excluding tert-OH is 3. The molecule has 5 atom stereocenters. The highest BCUT2D eigenvalue weighted by Crippen LogP contribution is 2.21. The molecule has 0 aromatic carbocycles. The molecule has 78 valence electrons. The number of rotatable bonds is 2. The van der Waals surface area contributed by atoms with Crippen LogP contribution < -0.4 is 0 Å². The summed E-state index contributed by atoms with van der Waals surface area (Å²) in [5, 5.41) is 28.1. The first-order valence-electron chi connectivity index (χ1n) is 3.95. The van der Waals surface area contributed by atoms with Gasteiger partial charge >= 0.3 is 0 Å². The highest BCUT2D eigenvalue weighted by atomic mass is 32.1. The molecule has 3 N–H and O–H groups in total. The number of aliphatic hydroxyl groups is 3. The second kappa shape index (κ2) is 4.59. The van der Waals surface area contributed by atoms with Crippen LogP contribution in [0.1, 0.15) is 0 Å². The average molecular weight is 210 g/mol. The molecule has 6 heteroatoms. The molecule has 0 spiro atoms. The standard InChI is InChI=1S/C7H14O5S/c1-11-7-6(10)5(9)4(8)3(2-13)12-7/h3-10,13H,2H2,1H3/t3?,4-,5?,6?,7-/m0/s1. The summed E-state index contributed by atoms with van der Waals surface area (Å²) >= 11 is 3.94. The molecule has 0 aromatic rings. The lowest BCUT2D eigenvalue weighted by atomic mass is 10.00. The fraction of sp³-hybridized carbons (Fsp3) is 1.00. The van der Waals surface area contributed by atoms with Crippen LogP contribution in [0, 0.1) is 0 Å². The molecule has 0 bridgehead atoms. The van der Waals surface area contributed by atoms with Gasteiger partial charge in [-0.15, -0.1) is 0 Å². The van der Waals surface area contributed by atoms with Gasteiger partial charge in [0.2, 0.25) is 0 Å². The predicted molar refractivity (Wildman–Crippen MR) is 47.5 cm³/mol. The minimum atomic E-state index is -1.25. The molecule has 0 aromatic heterocycles. The fourth-order valence-electron chi connectivity index (χ4n) is 1.26. The third-order valence-corrected chi connectivity index (χ3v) is 2.44. The van der Waals surface area contributed by atoms with Crippen LogP contribution in [0.25, 0.3) is 0 Å². The molecule has 0 radical (unpaired) electrons. The van der Waals surface area contributed by atoms with Crippen molar-refractivity contribution in [1.82, 2.24) is 0 Å². The Morgan fingerprint density at radius 2 is 1.85 bits per heavy atom. The van der Waals surface area contributed by atoms with Crippen LogP contribution in [0.15, 0.2) is 0 Å². The van der Waals surface area contributed by atoms with Gasteiger partial charge in [0.15, 0.2) is 6.29 Å². The molecule has 0 aliphatic carbocycles. The zero-order valence-corrected chi connectivity index (χ0v) is 8.09. The van der Waals surface area contributed by atoms with Crippen molar-refractivity contribution in [2.24, 2.45) is 0 Å². The first-order valence-corrected chi connectivity index (χ1v) is 4.58. The van der Waals surface area contributed by atoms with Crippen LogP contribution >= 0.6 is 12.6 Å². The van der Waals surface area contributed by atoms with Crippen molar-refractivity contribution in [2.45, 2.75) is 30.7 Å². The zero-order valence-electron chi connectivity index (χ0n) is 7.20. The second-order valence-electron chi connectivity index (χ2n) is 2.93. The maximum atomic E-state index is 9.38. The van der Waals surface area contributed by atoms with Crippen molar-refractivity contribution in [3.8, 4) is 0 Å². The van der Waals surface area contributed by atoms with E-state index in [4.69, 9.17) is 9.47 Å². The minimum absolute atomic E-state index is 0.255. The Labute approximate surface area is 81.7 Å². The summed E-state index contributed by atoms with van der Waals surface area (Å²) < 4.78 is 9.90. The van der Waals surface area contributed by atoms with Crippen LogP contribution in [0.3, 0.4) is 0 Å². The van der Waals surface area contributed by atoms with Crippen LogP contribution in [0.4, 0.5) is 0 Å². The molecule has 0 saturated carbocycles. The van der Waals surface area contributed by atoms with Gasteiger partial charge in [-0.05, 0) is 0 Å². The molecule has 1 aliphatic rings. The van der Waals surface area contributed by atoms with Crippen molar-refractivity contribution in [3.05, 3.63) is 0 Å². The Morgan fingerprint density at radius 3 is 2.31 bits per heavy atom. The molecule has 1 saturated heterocycles. The van der Waals surface area contributed by atoms with Crippen molar-refractivity contribution in [3.63, 3.8) is 0 Å². The predicted octanol–water partition coefficient (Wildman–Crippen LogP) is -1.63. The van der Waals surface area contributed by atoms with E-state index in [-0.39, 0.29) is 5.75 Å². The molecular formula is C7H14O5S. The lowest BCUT2D eigenvalue weighted by molar-refractivity contribution is -0.284. The van der Waals surface area contributed by atoms with Crippen molar-refractivity contribution >= 4 is 12.6 Å². The molecule has 1 heterocycles. The van der Waals surface area contributed by atoms with E-state index < -0.39 is 30.7 Å². The number of hydrogen-bond donors (Lipinski definition) is 4. The summed E-state index contributed by atoms with van der Waals surface area (Å²) in [6.07, 6.45) is -5.13. The quantitative estimate of drug-likeness (QED) is 0.412. The third kappa shape index (κ3) is 2.15. The Morgan fingerprint density at radius 1 is 1.23 bits per heavy atom. The van der Waals surface area contributed by atoms with E-state index in [1.165, 1.54) is 7.11 Å². The number of methoxy groups -OCH3 is 1. The van der Waals surface area contributed by atoms with Gasteiger partial charge in [-0.1, -0.05) is 0 Å². The van der Waals surface area contributed by atoms with E-state index in [2.05, 4.69) is 12.6 Å². The maximum Gasteiger partial charge on any atom is 0.186 e. The minimum Gasteiger partial charge on any atom is -0.388 e. The van der Waals surface area contributed by atoms with Gasteiger partial charge in [-0.2, -0.15) is 12.6 Å². The SMILES string of the molecule is CO[C@H]1OC(CS)[C@H](O)C(O)C1O. The van der Waals surface area contributed by atoms with Crippen LogP contribution in [0.2, 0.25) is 0 Å². The second-order valence-corrected chi connectivity index (χ2v) is 3.30. The fourth-order valence-corrected chi connectivity index (χ4v) is 1.56.